The molecule has 1 aromatic heterocycles. The number of carbonyl (C=O) groups is 1. The van der Waals surface area contributed by atoms with Gasteiger partial charge in [0.05, 0.1) is 9.80 Å². The van der Waals surface area contributed by atoms with Gasteiger partial charge in [-0.2, -0.15) is 0 Å². The molecule has 1 aliphatic rings. The van der Waals surface area contributed by atoms with E-state index in [0.717, 1.165) is 22.5 Å². The number of aromatic nitrogens is 1. The van der Waals surface area contributed by atoms with Gasteiger partial charge in [0.15, 0.2) is 4.32 Å². The fourth-order valence-electron chi connectivity index (χ4n) is 2.08. The number of hydrogen-bond donors (Lipinski definition) is 1. The first-order valence-electron chi connectivity index (χ1n) is 6.85. The number of sulfonamides is 1. The van der Waals surface area contributed by atoms with Crippen LogP contribution in [0.2, 0.25) is 0 Å². The van der Waals surface area contributed by atoms with Gasteiger partial charge >= 0.3 is 0 Å². The lowest BCUT2D eigenvalue weighted by atomic mass is 10.3. The van der Waals surface area contributed by atoms with Gasteiger partial charge in [-0.15, -0.1) is 4.83 Å². The van der Waals surface area contributed by atoms with Gasteiger partial charge in [0, 0.05) is 18.9 Å². The number of nitrogens with zero attached hydrogens (tertiary/aromatic N) is 2. The molecule has 0 bridgehead atoms. The molecule has 0 saturated carbocycles. The molecule has 0 radical (unpaired) electrons. The Morgan fingerprint density at radius 1 is 1.17 bits per heavy atom. The molecule has 0 atom stereocenters. The number of amides is 1. The Hall–Kier alpha value is -1.94. The number of aryl methyl sites for hydroxylation is 1. The molecule has 1 N–H and O–H groups in total. The molecule has 0 unspecified atom stereocenters. The summed E-state index contributed by atoms with van der Waals surface area (Å²) < 4.78 is 26.7. The number of hydrogen-bond acceptors (Lipinski definition) is 5. The number of hydrazine groups is 1. The zero-order chi connectivity index (χ0) is 17.3. The van der Waals surface area contributed by atoms with Crippen molar-refractivity contribution in [1.82, 2.24) is 14.4 Å². The zero-order valence-electron chi connectivity index (χ0n) is 12.5. The molecule has 2 heterocycles. The van der Waals surface area contributed by atoms with Gasteiger partial charge in [-0.05, 0) is 30.3 Å². The average molecular weight is 379 g/mol. The summed E-state index contributed by atoms with van der Waals surface area (Å²) in [6, 6.07) is 11.5. The summed E-state index contributed by atoms with van der Waals surface area (Å²) >= 11 is 6.19. The summed E-state index contributed by atoms with van der Waals surface area (Å²) in [4.78, 5) is 15.1. The first-order chi connectivity index (χ1) is 11.4. The van der Waals surface area contributed by atoms with E-state index in [1.165, 1.54) is 12.1 Å². The van der Waals surface area contributed by atoms with Gasteiger partial charge in [0.2, 0.25) is 0 Å². The maximum atomic E-state index is 12.5. The predicted molar refractivity (Wildman–Crippen MR) is 97.2 cm³/mol. The summed E-state index contributed by atoms with van der Waals surface area (Å²) in [5, 5.41) is 0.886. The van der Waals surface area contributed by atoms with Crippen LogP contribution in [-0.4, -0.2) is 28.2 Å². The molecule has 1 aliphatic heterocycles. The molecule has 124 valence electrons. The van der Waals surface area contributed by atoms with Crippen molar-refractivity contribution in [2.75, 3.05) is 0 Å². The number of rotatable bonds is 4. The second-order valence-electron chi connectivity index (χ2n) is 4.97. The Morgan fingerprint density at radius 3 is 2.50 bits per heavy atom. The van der Waals surface area contributed by atoms with Crippen LogP contribution in [0.3, 0.4) is 0 Å². The first kappa shape index (κ1) is 16.9. The van der Waals surface area contributed by atoms with Crippen LogP contribution >= 0.6 is 24.0 Å². The minimum atomic E-state index is -3.88. The molecular formula is C15H13N3O3S3. The molecule has 2 aromatic rings. The Labute approximate surface area is 149 Å². The fourth-order valence-corrected chi connectivity index (χ4v) is 4.39. The largest absolute Gasteiger partial charge is 0.351 e. The SMILES string of the molecule is Cn1cccc1C=C1SC(=S)N(NS(=O)(=O)c2ccccc2)C1=O. The van der Waals surface area contributed by atoms with E-state index in [9.17, 15) is 13.2 Å². The molecular weight excluding hydrogens is 366 g/mol. The number of benzene rings is 1. The fraction of sp³-hybridized carbons (Fsp3) is 0.0667. The zero-order valence-corrected chi connectivity index (χ0v) is 15.0. The highest BCUT2D eigenvalue weighted by Gasteiger charge is 2.35. The van der Waals surface area contributed by atoms with Crippen molar-refractivity contribution in [2.45, 2.75) is 4.90 Å². The van der Waals surface area contributed by atoms with E-state index in [1.807, 2.05) is 29.9 Å². The maximum Gasteiger partial charge on any atom is 0.281 e. The van der Waals surface area contributed by atoms with E-state index < -0.39 is 15.9 Å². The number of thioether (sulfide) groups is 1. The normalized spacial score (nSPS) is 17.0. The van der Waals surface area contributed by atoms with Gasteiger partial charge < -0.3 is 4.57 Å². The van der Waals surface area contributed by atoms with E-state index in [2.05, 4.69) is 4.83 Å². The van der Waals surface area contributed by atoms with Crippen LogP contribution < -0.4 is 4.83 Å². The highest BCUT2D eigenvalue weighted by molar-refractivity contribution is 8.26. The average Bonchev–Trinajstić information content (AvgIpc) is 3.07. The molecule has 6 nitrogen and oxygen atoms in total. The third kappa shape index (κ3) is 3.29. The van der Waals surface area contributed by atoms with E-state index in [-0.39, 0.29) is 9.22 Å². The molecule has 1 aromatic carbocycles. The summed E-state index contributed by atoms with van der Waals surface area (Å²) in [5.41, 5.74) is 0.821. The van der Waals surface area contributed by atoms with Gasteiger partial charge in [-0.25, -0.2) is 13.4 Å². The van der Waals surface area contributed by atoms with Crippen LogP contribution in [0.25, 0.3) is 6.08 Å². The minimum absolute atomic E-state index is 0.0606. The van der Waals surface area contributed by atoms with Crippen LogP contribution in [0.15, 0.2) is 58.5 Å². The van der Waals surface area contributed by atoms with Gasteiger partial charge in [-0.1, -0.05) is 42.2 Å². The minimum Gasteiger partial charge on any atom is -0.351 e. The van der Waals surface area contributed by atoms with E-state index in [4.69, 9.17) is 12.2 Å². The van der Waals surface area contributed by atoms with Crippen LogP contribution in [0.4, 0.5) is 0 Å². The molecule has 24 heavy (non-hydrogen) atoms. The van der Waals surface area contributed by atoms with E-state index in [1.54, 1.807) is 24.3 Å². The van der Waals surface area contributed by atoms with Gasteiger partial charge in [-0.3, -0.25) is 4.79 Å². The maximum absolute atomic E-state index is 12.5. The lowest BCUT2D eigenvalue weighted by molar-refractivity contribution is -0.123. The summed E-state index contributed by atoms with van der Waals surface area (Å²) in [5.74, 6) is -0.495. The quantitative estimate of drug-likeness (QED) is 0.651. The lowest BCUT2D eigenvalue weighted by Crippen LogP contribution is -2.44. The topological polar surface area (TPSA) is 71.4 Å². The third-order valence-corrected chi connectivity index (χ3v) is 5.94. The molecule has 0 aliphatic carbocycles. The standard InChI is InChI=1S/C15H13N3O3S3/c1-17-9-5-6-11(17)10-13-14(19)18(15(22)23-13)16-24(20,21)12-7-3-2-4-8-12/h2-10,16H,1H3. The Morgan fingerprint density at radius 2 is 1.88 bits per heavy atom. The summed E-state index contributed by atoms with van der Waals surface area (Å²) in [6.45, 7) is 0. The Kier molecular flexibility index (Phi) is 4.59. The molecule has 1 fully saturated rings. The first-order valence-corrected chi connectivity index (χ1v) is 9.56. The predicted octanol–water partition coefficient (Wildman–Crippen LogP) is 2.12. The molecule has 0 spiro atoms. The smallest absolute Gasteiger partial charge is 0.281 e. The van der Waals surface area contributed by atoms with Crippen molar-refractivity contribution in [3.8, 4) is 0 Å². The Balaban J connectivity index is 1.85. The van der Waals surface area contributed by atoms with Crippen LogP contribution in [-0.2, 0) is 21.9 Å². The van der Waals surface area contributed by atoms with Gasteiger partial charge in [0.25, 0.3) is 15.9 Å². The van der Waals surface area contributed by atoms with Crippen LogP contribution in [0.1, 0.15) is 5.69 Å². The number of thiocarbonyl (C=S) groups is 1. The van der Waals surface area contributed by atoms with Gasteiger partial charge in [0.1, 0.15) is 0 Å². The molecule has 9 heteroatoms. The molecule has 1 amide bonds. The highest BCUT2D eigenvalue weighted by Crippen LogP contribution is 2.31. The molecule has 3 rings (SSSR count). The monoisotopic (exact) mass is 379 g/mol. The van der Waals surface area contributed by atoms with Crippen LogP contribution in [0, 0.1) is 0 Å². The van der Waals surface area contributed by atoms with Crippen molar-refractivity contribution >= 4 is 50.3 Å². The summed E-state index contributed by atoms with van der Waals surface area (Å²) in [6.07, 6.45) is 3.53. The number of nitrogens with one attached hydrogen (secondary N) is 1. The van der Waals surface area contributed by atoms with E-state index in [0.29, 0.717) is 4.91 Å². The molecule has 1 saturated heterocycles. The third-order valence-electron chi connectivity index (χ3n) is 3.32. The second-order valence-corrected chi connectivity index (χ2v) is 8.31. The number of carbonyl (C=O) groups excluding carboxylic acids is 1. The van der Waals surface area contributed by atoms with Crippen molar-refractivity contribution in [2.24, 2.45) is 7.05 Å². The van der Waals surface area contributed by atoms with Crippen molar-refractivity contribution in [3.63, 3.8) is 0 Å². The van der Waals surface area contributed by atoms with Crippen molar-refractivity contribution < 1.29 is 13.2 Å². The summed E-state index contributed by atoms with van der Waals surface area (Å²) in [7, 11) is -2.03. The van der Waals surface area contributed by atoms with Crippen LogP contribution in [0.5, 0.6) is 0 Å². The van der Waals surface area contributed by atoms with E-state index >= 15 is 0 Å². The van der Waals surface area contributed by atoms with Crippen molar-refractivity contribution in [1.29, 1.82) is 0 Å². The van der Waals surface area contributed by atoms with Crippen molar-refractivity contribution in [3.05, 3.63) is 59.3 Å². The highest BCUT2D eigenvalue weighted by atomic mass is 32.2. The second kappa shape index (κ2) is 6.52. The lowest BCUT2D eigenvalue weighted by Gasteiger charge is -2.15. The Bertz CT molecular complexity index is 933.